The Kier molecular flexibility index (Phi) is 50.1. The molecule has 0 aliphatic heterocycles. The molecule has 8 nitrogen and oxygen atoms in total. The number of aliphatic hydroxyl groups excluding tert-OH is 1. The molecule has 9 heteroatoms. The lowest BCUT2D eigenvalue weighted by Gasteiger charge is -2.30. The van der Waals surface area contributed by atoms with Gasteiger partial charge in [0.15, 0.2) is 0 Å². The van der Waals surface area contributed by atoms with Gasteiger partial charge in [-0.1, -0.05) is 296 Å². The smallest absolute Gasteiger partial charge is 0.268 e. The third kappa shape index (κ3) is 53.1. The van der Waals surface area contributed by atoms with Gasteiger partial charge in [0.2, 0.25) is 5.91 Å². The second-order valence-corrected chi connectivity index (χ2v) is 23.5. The van der Waals surface area contributed by atoms with Gasteiger partial charge >= 0.3 is 0 Å². The number of rotatable bonds is 56. The number of unbranched alkanes of at least 4 members (excludes halogenated alkanes) is 43. The molecule has 0 fully saturated rings. The Labute approximate surface area is 419 Å². The molecule has 67 heavy (non-hydrogen) atoms. The topological polar surface area (TPSA) is 108 Å². The van der Waals surface area contributed by atoms with Crippen LogP contribution in [0.25, 0.3) is 0 Å². The average Bonchev–Trinajstić information content (AvgIpc) is 3.29. The fourth-order valence-corrected chi connectivity index (χ4v) is 10.1. The van der Waals surface area contributed by atoms with E-state index in [4.69, 9.17) is 9.05 Å². The maximum Gasteiger partial charge on any atom is 0.268 e. The number of aliphatic hydroxyl groups is 1. The van der Waals surface area contributed by atoms with Gasteiger partial charge in [0.25, 0.3) is 7.82 Å². The van der Waals surface area contributed by atoms with E-state index in [1.54, 1.807) is 0 Å². The van der Waals surface area contributed by atoms with Gasteiger partial charge in [-0.25, -0.2) is 0 Å². The lowest BCUT2D eigenvalue weighted by molar-refractivity contribution is -0.870. The van der Waals surface area contributed by atoms with E-state index in [1.165, 1.54) is 250 Å². The molecule has 1 unspecified atom stereocenters. The first-order chi connectivity index (χ1) is 32.5. The largest absolute Gasteiger partial charge is 0.756 e. The molecular weight excluding hydrogens is 852 g/mol. The Morgan fingerprint density at radius 2 is 0.731 bits per heavy atom. The van der Waals surface area contributed by atoms with Crippen LogP contribution in [-0.2, 0) is 18.4 Å². The quantitative estimate of drug-likeness (QED) is 0.0357. The Morgan fingerprint density at radius 1 is 0.463 bits per heavy atom. The van der Waals surface area contributed by atoms with Crippen molar-refractivity contribution < 1.29 is 32.9 Å². The highest BCUT2D eigenvalue weighted by Crippen LogP contribution is 2.38. The normalized spacial score (nSPS) is 13.8. The molecule has 2 N–H and O–H groups in total. The number of nitrogens with zero attached hydrogens (tertiary/aromatic N) is 1. The molecule has 0 radical (unpaired) electrons. The summed E-state index contributed by atoms with van der Waals surface area (Å²) in [6.07, 6.45) is 60.5. The first-order valence-electron chi connectivity index (χ1n) is 29.9. The van der Waals surface area contributed by atoms with E-state index in [0.29, 0.717) is 23.9 Å². The van der Waals surface area contributed by atoms with Gasteiger partial charge in [-0.2, -0.15) is 0 Å². The van der Waals surface area contributed by atoms with Crippen molar-refractivity contribution in [1.82, 2.24) is 5.32 Å². The molecule has 0 bridgehead atoms. The molecule has 402 valence electrons. The molecular formula is C58H119N2O6P. The van der Waals surface area contributed by atoms with Crippen molar-refractivity contribution in [2.75, 3.05) is 40.9 Å². The second-order valence-electron chi connectivity index (χ2n) is 22.1. The first kappa shape index (κ1) is 66.5. The second kappa shape index (κ2) is 50.4. The van der Waals surface area contributed by atoms with Crippen molar-refractivity contribution in [2.24, 2.45) is 0 Å². The Hall–Kier alpha value is -0.500. The predicted molar refractivity (Wildman–Crippen MR) is 289 cm³/mol. The van der Waals surface area contributed by atoms with Crippen LogP contribution < -0.4 is 10.2 Å². The molecule has 0 heterocycles. The standard InChI is InChI=1S/C58H119N2O6P/c1-6-8-10-12-14-16-17-18-19-20-21-22-23-24-25-26-27-28-29-30-31-32-33-34-35-36-37-38-39-40-41-42-44-46-48-50-52-58(62)59-56(55-66-67(63,64)65-54-53-60(3,4)5)57(61)51-49-47-45-43-15-13-11-9-7-2/h56-57,61H,6-55H2,1-5H3,(H-,59,62,63,64)/t56-,57+/m0/s1. The number of carbonyl (C=O) groups excluding carboxylic acids is 1. The molecule has 0 saturated carbocycles. The van der Waals surface area contributed by atoms with Crippen LogP contribution >= 0.6 is 7.82 Å². The summed E-state index contributed by atoms with van der Waals surface area (Å²) in [4.78, 5) is 25.4. The summed E-state index contributed by atoms with van der Waals surface area (Å²) in [6, 6.07) is -0.793. The summed E-state index contributed by atoms with van der Waals surface area (Å²) < 4.78 is 23.3. The monoisotopic (exact) mass is 971 g/mol. The number of phosphoric acid groups is 1. The van der Waals surface area contributed by atoms with Crippen molar-refractivity contribution in [3.05, 3.63) is 0 Å². The molecule has 0 aromatic carbocycles. The van der Waals surface area contributed by atoms with Crippen LogP contribution in [-0.4, -0.2) is 68.5 Å². The van der Waals surface area contributed by atoms with E-state index in [-0.39, 0.29) is 19.1 Å². The molecule has 0 saturated heterocycles. The number of likely N-dealkylation sites (N-methyl/N-ethyl adjacent to an activating group) is 1. The van der Waals surface area contributed by atoms with E-state index in [0.717, 1.165) is 38.5 Å². The minimum Gasteiger partial charge on any atom is -0.756 e. The molecule has 0 rings (SSSR count). The predicted octanol–water partition coefficient (Wildman–Crippen LogP) is 17.4. The van der Waals surface area contributed by atoms with Gasteiger partial charge in [-0.15, -0.1) is 0 Å². The molecule has 0 spiro atoms. The van der Waals surface area contributed by atoms with Crippen LogP contribution in [0.4, 0.5) is 0 Å². The van der Waals surface area contributed by atoms with Gasteiger partial charge in [0, 0.05) is 6.42 Å². The highest BCUT2D eigenvalue weighted by molar-refractivity contribution is 7.45. The molecule has 0 aromatic rings. The lowest BCUT2D eigenvalue weighted by atomic mass is 10.0. The van der Waals surface area contributed by atoms with Gasteiger partial charge in [0.05, 0.1) is 39.9 Å². The van der Waals surface area contributed by atoms with Gasteiger partial charge in [0.1, 0.15) is 13.2 Å². The minimum atomic E-state index is -4.56. The summed E-state index contributed by atoms with van der Waals surface area (Å²) in [5.74, 6) is -0.160. The number of phosphoric ester groups is 1. The minimum absolute atomic E-state index is 0.0159. The fraction of sp³-hybridized carbons (Fsp3) is 0.983. The number of quaternary nitrogens is 1. The van der Waals surface area contributed by atoms with Crippen LogP contribution in [0, 0.1) is 0 Å². The fourth-order valence-electron chi connectivity index (χ4n) is 9.40. The van der Waals surface area contributed by atoms with Crippen molar-refractivity contribution in [3.8, 4) is 0 Å². The number of hydrogen-bond donors (Lipinski definition) is 2. The molecule has 1 amide bonds. The Balaban J connectivity index is 3.77. The van der Waals surface area contributed by atoms with E-state index >= 15 is 0 Å². The van der Waals surface area contributed by atoms with Crippen LogP contribution in [0.1, 0.15) is 316 Å². The zero-order chi connectivity index (χ0) is 49.2. The third-order valence-electron chi connectivity index (χ3n) is 14.1. The summed E-state index contributed by atoms with van der Waals surface area (Å²) in [6.45, 7) is 4.74. The maximum atomic E-state index is 12.9. The summed E-state index contributed by atoms with van der Waals surface area (Å²) in [5, 5.41) is 13.9. The SMILES string of the molecule is CCCCCCCCCCCCCCCCCCCCCCCCCCCCCCCCCCCCCCC(=O)N[C@@H](COP(=O)([O-])OCC[N+](C)(C)C)[C@H](O)CCCCCCCCCCC. The first-order valence-corrected chi connectivity index (χ1v) is 31.3. The summed E-state index contributed by atoms with van der Waals surface area (Å²) >= 11 is 0. The van der Waals surface area contributed by atoms with E-state index in [1.807, 2.05) is 21.1 Å². The lowest BCUT2D eigenvalue weighted by Crippen LogP contribution is -2.46. The third-order valence-corrected chi connectivity index (χ3v) is 15.1. The number of hydrogen-bond acceptors (Lipinski definition) is 6. The van der Waals surface area contributed by atoms with E-state index < -0.39 is 20.0 Å². The van der Waals surface area contributed by atoms with Crippen LogP contribution in [0.3, 0.4) is 0 Å². The summed E-state index contributed by atoms with van der Waals surface area (Å²) in [5.41, 5.74) is 0. The number of carbonyl (C=O) groups is 1. The average molecular weight is 972 g/mol. The maximum absolute atomic E-state index is 12.9. The molecule has 3 atom stereocenters. The van der Waals surface area contributed by atoms with Crippen molar-refractivity contribution in [3.63, 3.8) is 0 Å². The van der Waals surface area contributed by atoms with Crippen molar-refractivity contribution in [1.29, 1.82) is 0 Å². The summed E-state index contributed by atoms with van der Waals surface area (Å²) in [7, 11) is 1.32. The van der Waals surface area contributed by atoms with Crippen molar-refractivity contribution >= 4 is 13.7 Å². The van der Waals surface area contributed by atoms with Gasteiger partial charge in [-0.3, -0.25) is 9.36 Å². The van der Waals surface area contributed by atoms with Gasteiger partial charge < -0.3 is 28.8 Å². The van der Waals surface area contributed by atoms with Crippen LogP contribution in [0.15, 0.2) is 0 Å². The highest BCUT2D eigenvalue weighted by Gasteiger charge is 2.24. The van der Waals surface area contributed by atoms with Crippen LogP contribution in [0.2, 0.25) is 0 Å². The highest BCUT2D eigenvalue weighted by atomic mass is 31.2. The molecule has 0 aliphatic carbocycles. The molecule has 0 aromatic heterocycles. The van der Waals surface area contributed by atoms with E-state index in [9.17, 15) is 19.4 Å². The Morgan fingerprint density at radius 3 is 1.01 bits per heavy atom. The van der Waals surface area contributed by atoms with Crippen LogP contribution in [0.5, 0.6) is 0 Å². The van der Waals surface area contributed by atoms with Crippen molar-refractivity contribution in [2.45, 2.75) is 328 Å². The van der Waals surface area contributed by atoms with Gasteiger partial charge in [-0.05, 0) is 12.8 Å². The zero-order valence-corrected chi connectivity index (χ0v) is 46.8. The Bertz CT molecular complexity index is 1060. The number of amides is 1. The zero-order valence-electron chi connectivity index (χ0n) is 45.9. The van der Waals surface area contributed by atoms with E-state index in [2.05, 4.69) is 19.2 Å². The number of nitrogens with one attached hydrogen (secondary N) is 1. The molecule has 0 aliphatic rings.